The lowest BCUT2D eigenvalue weighted by Gasteiger charge is -2.31. The molecule has 0 unspecified atom stereocenters. The lowest BCUT2D eigenvalue weighted by atomic mass is 9.97. The van der Waals surface area contributed by atoms with E-state index in [4.69, 9.17) is 4.98 Å². The number of halogens is 1. The molecule has 34 heavy (non-hydrogen) atoms. The number of hydrogen-bond acceptors (Lipinski definition) is 3. The normalized spacial score (nSPS) is 16.6. The van der Waals surface area contributed by atoms with Crippen LogP contribution in [0.2, 0.25) is 0 Å². The molecule has 1 aromatic heterocycles. The molecule has 5 nitrogen and oxygen atoms in total. The predicted molar refractivity (Wildman–Crippen MR) is 132 cm³/mol. The maximum Gasteiger partial charge on any atom is 0.224 e. The standard InChI is InChI=1S/C28H29FN4O/c1-20-6-4-7-21(16-20)17-30-28(34)22-8-5-15-32(18-22)19-27-31-25-9-2-3-10-26(25)33(27)24-13-11-23(29)12-14-24/h2-4,6-7,9-14,16,22H,5,8,15,17-19H2,1H3,(H,30,34)/t22-/m0/s1. The first-order valence-corrected chi connectivity index (χ1v) is 11.8. The second kappa shape index (κ2) is 9.77. The molecule has 1 saturated heterocycles. The summed E-state index contributed by atoms with van der Waals surface area (Å²) in [6.07, 6.45) is 1.86. The second-order valence-corrected chi connectivity index (χ2v) is 9.11. The van der Waals surface area contributed by atoms with E-state index in [-0.39, 0.29) is 17.6 Å². The van der Waals surface area contributed by atoms with Gasteiger partial charge in [-0.15, -0.1) is 0 Å². The molecule has 1 fully saturated rings. The van der Waals surface area contributed by atoms with Gasteiger partial charge in [-0.2, -0.15) is 0 Å². The van der Waals surface area contributed by atoms with Crippen LogP contribution in [0.1, 0.15) is 29.8 Å². The molecular formula is C28H29FN4O. The van der Waals surface area contributed by atoms with Crippen LogP contribution in [-0.2, 0) is 17.9 Å². The van der Waals surface area contributed by atoms with E-state index in [1.807, 2.05) is 36.4 Å². The molecule has 0 spiro atoms. The summed E-state index contributed by atoms with van der Waals surface area (Å²) in [5, 5.41) is 3.12. The van der Waals surface area contributed by atoms with Crippen molar-refractivity contribution in [1.82, 2.24) is 19.8 Å². The predicted octanol–water partition coefficient (Wildman–Crippen LogP) is 5.00. The van der Waals surface area contributed by atoms with E-state index in [0.717, 1.165) is 47.5 Å². The molecule has 1 aliphatic heterocycles. The molecule has 4 aromatic rings. The Labute approximate surface area is 199 Å². The Morgan fingerprint density at radius 1 is 1.09 bits per heavy atom. The van der Waals surface area contributed by atoms with Gasteiger partial charge in [0, 0.05) is 18.8 Å². The summed E-state index contributed by atoms with van der Waals surface area (Å²) in [5.41, 5.74) is 5.10. The van der Waals surface area contributed by atoms with Gasteiger partial charge in [-0.05, 0) is 68.3 Å². The molecule has 5 rings (SSSR count). The van der Waals surface area contributed by atoms with Crippen LogP contribution >= 0.6 is 0 Å². The van der Waals surface area contributed by atoms with Crippen LogP contribution in [0.3, 0.4) is 0 Å². The van der Waals surface area contributed by atoms with E-state index in [2.05, 4.69) is 33.8 Å². The zero-order valence-electron chi connectivity index (χ0n) is 19.4. The van der Waals surface area contributed by atoms with Gasteiger partial charge in [0.05, 0.1) is 23.5 Å². The van der Waals surface area contributed by atoms with Crippen LogP contribution in [-0.4, -0.2) is 33.4 Å². The first kappa shape index (κ1) is 22.3. The molecule has 0 radical (unpaired) electrons. The molecule has 0 bridgehead atoms. The molecule has 3 aromatic carbocycles. The highest BCUT2D eigenvalue weighted by atomic mass is 19.1. The number of nitrogens with one attached hydrogen (secondary N) is 1. The third kappa shape index (κ3) is 4.87. The lowest BCUT2D eigenvalue weighted by Crippen LogP contribution is -2.42. The summed E-state index contributed by atoms with van der Waals surface area (Å²) in [6.45, 7) is 4.87. The summed E-state index contributed by atoms with van der Waals surface area (Å²) < 4.78 is 15.6. The number of amides is 1. The molecule has 0 saturated carbocycles. The van der Waals surface area contributed by atoms with Gasteiger partial charge in [-0.25, -0.2) is 9.37 Å². The SMILES string of the molecule is Cc1cccc(CNC(=O)[C@H]2CCCN(Cc3nc4ccccc4n3-c3ccc(F)cc3)C2)c1. The number of aryl methyl sites for hydroxylation is 1. The largest absolute Gasteiger partial charge is 0.352 e. The van der Waals surface area contributed by atoms with Gasteiger partial charge in [-0.3, -0.25) is 14.3 Å². The zero-order valence-corrected chi connectivity index (χ0v) is 19.4. The topological polar surface area (TPSA) is 50.2 Å². The minimum absolute atomic E-state index is 0.0396. The van der Waals surface area contributed by atoms with Crippen molar-refractivity contribution in [3.8, 4) is 5.69 Å². The van der Waals surface area contributed by atoms with Crippen molar-refractivity contribution in [1.29, 1.82) is 0 Å². The molecular weight excluding hydrogens is 427 g/mol. The molecule has 0 aliphatic carbocycles. The second-order valence-electron chi connectivity index (χ2n) is 9.11. The highest BCUT2D eigenvalue weighted by molar-refractivity contribution is 5.79. The van der Waals surface area contributed by atoms with Gasteiger partial charge in [0.2, 0.25) is 5.91 Å². The highest BCUT2D eigenvalue weighted by Gasteiger charge is 2.27. The smallest absolute Gasteiger partial charge is 0.224 e. The number of aromatic nitrogens is 2. The van der Waals surface area contributed by atoms with Gasteiger partial charge in [-0.1, -0.05) is 42.0 Å². The van der Waals surface area contributed by atoms with Crippen molar-refractivity contribution in [2.75, 3.05) is 13.1 Å². The van der Waals surface area contributed by atoms with E-state index < -0.39 is 0 Å². The van der Waals surface area contributed by atoms with Crippen LogP contribution < -0.4 is 5.32 Å². The number of rotatable bonds is 6. The van der Waals surface area contributed by atoms with Crippen molar-refractivity contribution in [3.05, 3.63) is 95.6 Å². The summed E-state index contributed by atoms with van der Waals surface area (Å²) in [7, 11) is 0. The Hall–Kier alpha value is -3.51. The van der Waals surface area contributed by atoms with Crippen molar-refractivity contribution in [2.45, 2.75) is 32.9 Å². The molecule has 1 atom stereocenters. The Bertz CT molecular complexity index is 1300. The maximum atomic E-state index is 13.6. The number of carbonyl (C=O) groups is 1. The van der Waals surface area contributed by atoms with Gasteiger partial charge in [0.1, 0.15) is 11.6 Å². The summed E-state index contributed by atoms with van der Waals surface area (Å²) >= 11 is 0. The Balaban J connectivity index is 1.31. The van der Waals surface area contributed by atoms with Gasteiger partial charge < -0.3 is 5.32 Å². The minimum Gasteiger partial charge on any atom is -0.352 e. The Morgan fingerprint density at radius 3 is 2.74 bits per heavy atom. The fourth-order valence-electron chi connectivity index (χ4n) is 4.83. The van der Waals surface area contributed by atoms with Crippen LogP contribution in [0.4, 0.5) is 4.39 Å². The lowest BCUT2D eigenvalue weighted by molar-refractivity contribution is -0.127. The first-order valence-electron chi connectivity index (χ1n) is 11.8. The number of para-hydroxylation sites is 2. The number of piperidine rings is 1. The first-order chi connectivity index (χ1) is 16.6. The number of carbonyl (C=O) groups excluding carboxylic acids is 1. The molecule has 1 aliphatic rings. The van der Waals surface area contributed by atoms with Crippen molar-refractivity contribution >= 4 is 16.9 Å². The van der Waals surface area contributed by atoms with Crippen molar-refractivity contribution < 1.29 is 9.18 Å². The van der Waals surface area contributed by atoms with E-state index >= 15 is 0 Å². The maximum absolute atomic E-state index is 13.6. The van der Waals surface area contributed by atoms with Crippen LogP contribution in [0.25, 0.3) is 16.7 Å². The summed E-state index contributed by atoms with van der Waals surface area (Å²) in [6, 6.07) is 22.7. The van der Waals surface area contributed by atoms with E-state index in [1.165, 1.54) is 17.7 Å². The molecule has 6 heteroatoms. The van der Waals surface area contributed by atoms with Crippen LogP contribution in [0, 0.1) is 18.7 Å². The molecule has 1 N–H and O–H groups in total. The quantitative estimate of drug-likeness (QED) is 0.444. The Kier molecular flexibility index (Phi) is 6.41. The number of nitrogens with zero attached hydrogens (tertiary/aromatic N) is 3. The summed E-state index contributed by atoms with van der Waals surface area (Å²) in [5.74, 6) is 0.708. The fraction of sp³-hybridized carbons (Fsp3) is 0.286. The molecule has 1 amide bonds. The third-order valence-corrected chi connectivity index (χ3v) is 6.51. The number of benzene rings is 3. The number of hydrogen-bond donors (Lipinski definition) is 1. The van der Waals surface area contributed by atoms with Gasteiger partial charge in [0.15, 0.2) is 0 Å². The minimum atomic E-state index is -0.259. The summed E-state index contributed by atoms with van der Waals surface area (Å²) in [4.78, 5) is 20.1. The van der Waals surface area contributed by atoms with E-state index in [9.17, 15) is 9.18 Å². The average Bonchev–Trinajstić information content (AvgIpc) is 3.21. The highest BCUT2D eigenvalue weighted by Crippen LogP contribution is 2.25. The van der Waals surface area contributed by atoms with Gasteiger partial charge in [0.25, 0.3) is 0 Å². The third-order valence-electron chi connectivity index (χ3n) is 6.51. The molecule has 2 heterocycles. The number of fused-ring (bicyclic) bond motifs is 1. The van der Waals surface area contributed by atoms with Gasteiger partial charge >= 0.3 is 0 Å². The van der Waals surface area contributed by atoms with Crippen molar-refractivity contribution in [3.63, 3.8) is 0 Å². The fourth-order valence-corrected chi connectivity index (χ4v) is 4.83. The molecule has 174 valence electrons. The van der Waals surface area contributed by atoms with Crippen LogP contribution in [0.5, 0.6) is 0 Å². The zero-order chi connectivity index (χ0) is 23.5. The van der Waals surface area contributed by atoms with Crippen LogP contribution in [0.15, 0.2) is 72.8 Å². The van der Waals surface area contributed by atoms with E-state index in [1.54, 1.807) is 12.1 Å². The number of likely N-dealkylation sites (tertiary alicyclic amines) is 1. The Morgan fingerprint density at radius 2 is 1.91 bits per heavy atom. The number of imidazole rings is 1. The average molecular weight is 457 g/mol. The van der Waals surface area contributed by atoms with E-state index in [0.29, 0.717) is 19.6 Å². The van der Waals surface area contributed by atoms with Crippen molar-refractivity contribution in [2.24, 2.45) is 5.92 Å². The monoisotopic (exact) mass is 456 g/mol.